The zero-order valence-corrected chi connectivity index (χ0v) is 9.06. The maximum Gasteiger partial charge on any atom is 0.0896 e. The maximum absolute atomic E-state index is 5.69. The van der Waals surface area contributed by atoms with Crippen molar-refractivity contribution in [3.05, 3.63) is 0 Å². The van der Waals surface area contributed by atoms with Gasteiger partial charge in [0.15, 0.2) is 0 Å². The third kappa shape index (κ3) is 4.46. The fraction of sp³-hybridized carbons (Fsp3) is 1.00. The molecular weight excluding hydrogens is 135 g/mol. The van der Waals surface area contributed by atoms with Crippen LogP contribution >= 0.6 is 0 Å². The zero-order valence-electron chi connectivity index (χ0n) is 9.06. The molecule has 0 unspecified atom stereocenters. The van der Waals surface area contributed by atoms with Crippen molar-refractivity contribution in [3.8, 4) is 0 Å². The molecule has 11 heavy (non-hydrogen) atoms. The van der Waals surface area contributed by atoms with Crippen molar-refractivity contribution in [2.45, 2.75) is 53.0 Å². The third-order valence-electron chi connectivity index (χ3n) is 2.85. The Bertz CT molecular complexity index is 108. The fourth-order valence-electron chi connectivity index (χ4n) is 0.775. The van der Waals surface area contributed by atoms with E-state index in [-0.39, 0.29) is 7.48 Å². The van der Waals surface area contributed by atoms with Gasteiger partial charge in [-0.1, -0.05) is 33.6 Å². The molecule has 0 saturated heterocycles. The first-order valence-electron chi connectivity index (χ1n) is 4.74. The Kier molecular flexibility index (Phi) is 4.16. The molecular formula is C9H22BO-. The average Bonchev–Trinajstić information content (AvgIpc) is 1.84. The van der Waals surface area contributed by atoms with Crippen LogP contribution in [0.3, 0.4) is 0 Å². The highest BCUT2D eigenvalue weighted by Crippen LogP contribution is 2.32. The van der Waals surface area contributed by atoms with Crippen LogP contribution in [0, 0.1) is 5.92 Å². The molecule has 0 atom stereocenters. The molecule has 0 fully saturated rings. The standard InChI is InChI=1S/C9H22BO/c1-7(2)9(5,6)10-11-8(3)4/h7-8H,10H2,1-6H3/q-1. The second kappa shape index (κ2) is 4.15. The van der Waals surface area contributed by atoms with E-state index in [1.165, 1.54) is 0 Å². The van der Waals surface area contributed by atoms with Crippen LogP contribution in [0.2, 0.25) is 5.31 Å². The Morgan fingerprint density at radius 2 is 1.55 bits per heavy atom. The lowest BCUT2D eigenvalue weighted by Gasteiger charge is -2.36. The Hall–Kier alpha value is 0.0249. The summed E-state index contributed by atoms with van der Waals surface area (Å²) in [6.07, 6.45) is 0.410. The Labute approximate surface area is 71.8 Å². The molecule has 0 amide bonds. The summed E-state index contributed by atoms with van der Waals surface area (Å²) in [7, 11) is -0.234. The summed E-state index contributed by atoms with van der Waals surface area (Å²) in [6, 6.07) is 0. The van der Waals surface area contributed by atoms with Crippen LogP contribution in [0.1, 0.15) is 41.5 Å². The highest BCUT2D eigenvalue weighted by molar-refractivity contribution is 6.32. The largest absolute Gasteiger partial charge is 0.594 e. The zero-order chi connectivity index (χ0) is 9.07. The molecule has 0 spiro atoms. The van der Waals surface area contributed by atoms with Crippen molar-refractivity contribution in [2.24, 2.45) is 5.92 Å². The first-order valence-corrected chi connectivity index (χ1v) is 4.74. The summed E-state index contributed by atoms with van der Waals surface area (Å²) < 4.78 is 5.69. The summed E-state index contributed by atoms with van der Waals surface area (Å²) >= 11 is 0. The van der Waals surface area contributed by atoms with E-state index >= 15 is 0 Å². The molecule has 0 N–H and O–H groups in total. The molecule has 2 heteroatoms. The van der Waals surface area contributed by atoms with Crippen LogP contribution in [-0.2, 0) is 4.65 Å². The van der Waals surface area contributed by atoms with Gasteiger partial charge in [0.25, 0.3) is 0 Å². The van der Waals surface area contributed by atoms with Crippen LogP contribution < -0.4 is 0 Å². The van der Waals surface area contributed by atoms with Crippen molar-refractivity contribution in [2.75, 3.05) is 0 Å². The lowest BCUT2D eigenvalue weighted by atomic mass is 9.60. The van der Waals surface area contributed by atoms with Gasteiger partial charge in [-0.25, -0.2) is 0 Å². The molecule has 0 bridgehead atoms. The molecule has 0 aromatic heterocycles. The molecule has 0 rings (SSSR count). The van der Waals surface area contributed by atoms with E-state index in [1.807, 2.05) is 0 Å². The fourth-order valence-corrected chi connectivity index (χ4v) is 0.775. The average molecular weight is 157 g/mol. The van der Waals surface area contributed by atoms with E-state index in [2.05, 4.69) is 41.5 Å². The van der Waals surface area contributed by atoms with Crippen molar-refractivity contribution in [3.63, 3.8) is 0 Å². The van der Waals surface area contributed by atoms with Crippen molar-refractivity contribution < 1.29 is 4.65 Å². The number of hydrogen-bond acceptors (Lipinski definition) is 1. The summed E-state index contributed by atoms with van der Waals surface area (Å²) in [5.41, 5.74) is 0. The van der Waals surface area contributed by atoms with Crippen molar-refractivity contribution in [1.82, 2.24) is 0 Å². The lowest BCUT2D eigenvalue weighted by molar-refractivity contribution is 0.235. The van der Waals surface area contributed by atoms with Crippen molar-refractivity contribution in [1.29, 1.82) is 0 Å². The monoisotopic (exact) mass is 157 g/mol. The van der Waals surface area contributed by atoms with E-state index in [0.717, 1.165) is 5.92 Å². The van der Waals surface area contributed by atoms with Crippen LogP contribution in [0.5, 0.6) is 0 Å². The minimum atomic E-state index is -0.234. The molecule has 0 saturated carbocycles. The SMILES string of the molecule is CC(C)O[BH2-]C(C)(C)C(C)C. The molecule has 0 heterocycles. The van der Waals surface area contributed by atoms with Gasteiger partial charge in [0.2, 0.25) is 0 Å². The highest BCUT2D eigenvalue weighted by Gasteiger charge is 2.16. The third-order valence-corrected chi connectivity index (χ3v) is 2.85. The van der Waals surface area contributed by atoms with E-state index in [0.29, 0.717) is 11.4 Å². The minimum Gasteiger partial charge on any atom is -0.594 e. The quantitative estimate of drug-likeness (QED) is 0.569. The molecule has 68 valence electrons. The van der Waals surface area contributed by atoms with Gasteiger partial charge in [-0.2, -0.15) is 0 Å². The smallest absolute Gasteiger partial charge is 0.0896 e. The molecule has 0 aromatic carbocycles. The van der Waals surface area contributed by atoms with E-state index in [4.69, 9.17) is 4.65 Å². The summed E-state index contributed by atoms with van der Waals surface area (Å²) in [6.45, 7) is 13.4. The van der Waals surface area contributed by atoms with Gasteiger partial charge in [-0.3, -0.25) is 0 Å². The molecule has 0 radical (unpaired) electrons. The van der Waals surface area contributed by atoms with E-state index in [1.54, 1.807) is 0 Å². The summed E-state index contributed by atoms with van der Waals surface area (Å²) in [5, 5.41) is 0.435. The van der Waals surface area contributed by atoms with Gasteiger partial charge in [0.05, 0.1) is 7.48 Å². The van der Waals surface area contributed by atoms with Gasteiger partial charge in [0.1, 0.15) is 0 Å². The highest BCUT2D eigenvalue weighted by atomic mass is 16.4. The molecule has 0 aliphatic rings. The lowest BCUT2D eigenvalue weighted by Crippen LogP contribution is -2.24. The van der Waals surface area contributed by atoms with Gasteiger partial charge in [0, 0.05) is 6.10 Å². The summed E-state index contributed by atoms with van der Waals surface area (Å²) in [5.74, 6) is 0.737. The molecule has 0 aliphatic carbocycles. The summed E-state index contributed by atoms with van der Waals surface area (Å²) in [4.78, 5) is 0. The van der Waals surface area contributed by atoms with Gasteiger partial charge < -0.3 is 4.65 Å². The Morgan fingerprint density at radius 3 is 1.82 bits per heavy atom. The second-order valence-electron chi connectivity index (χ2n) is 5.01. The molecule has 0 aliphatic heterocycles. The Balaban J connectivity index is 3.73. The molecule has 1 nitrogen and oxygen atoms in total. The van der Waals surface area contributed by atoms with E-state index < -0.39 is 0 Å². The van der Waals surface area contributed by atoms with Gasteiger partial charge in [-0.15, -0.1) is 5.31 Å². The van der Waals surface area contributed by atoms with Gasteiger partial charge in [-0.05, 0) is 13.8 Å². The molecule has 0 aromatic rings. The van der Waals surface area contributed by atoms with Crippen LogP contribution in [0.4, 0.5) is 0 Å². The van der Waals surface area contributed by atoms with Crippen LogP contribution in [0.15, 0.2) is 0 Å². The predicted octanol–water partition coefficient (Wildman–Crippen LogP) is 2.35. The normalized spacial score (nSPS) is 13.1. The van der Waals surface area contributed by atoms with Crippen molar-refractivity contribution >= 4 is 7.48 Å². The predicted molar refractivity (Wildman–Crippen MR) is 53.6 cm³/mol. The van der Waals surface area contributed by atoms with Crippen LogP contribution in [0.25, 0.3) is 0 Å². The number of rotatable bonds is 4. The maximum atomic E-state index is 5.69. The Morgan fingerprint density at radius 1 is 1.09 bits per heavy atom. The van der Waals surface area contributed by atoms with Gasteiger partial charge >= 0.3 is 0 Å². The second-order valence-corrected chi connectivity index (χ2v) is 5.01. The van der Waals surface area contributed by atoms with Crippen LogP contribution in [-0.4, -0.2) is 13.6 Å². The first kappa shape index (κ1) is 11.0. The minimum absolute atomic E-state index is 0.234. The number of hydrogen-bond donors (Lipinski definition) is 0. The topological polar surface area (TPSA) is 9.23 Å². The first-order chi connectivity index (χ1) is 4.86. The van der Waals surface area contributed by atoms with E-state index in [9.17, 15) is 0 Å².